The molecule has 0 aromatic heterocycles. The Balaban J connectivity index is 1.66. The number of aryl methyl sites for hydroxylation is 3. The Hall–Kier alpha value is -1.93. The number of carbonyl (C=O) groups excluding carboxylic acids is 1. The number of carbonyl (C=O) groups is 1. The second kappa shape index (κ2) is 9.06. The zero-order valence-electron chi connectivity index (χ0n) is 17.8. The smallest absolute Gasteiger partial charge is 0.243 e. The van der Waals surface area contributed by atoms with Crippen LogP contribution in [-0.2, 0) is 14.8 Å². The minimum Gasteiger partial charge on any atom is -0.325 e. The average Bonchev–Trinajstić information content (AvgIpc) is 2.66. The molecule has 3 rings (SSSR count). The quantitative estimate of drug-likeness (QED) is 0.757. The van der Waals surface area contributed by atoms with Crippen molar-refractivity contribution in [2.45, 2.75) is 38.6 Å². The van der Waals surface area contributed by atoms with E-state index in [1.54, 1.807) is 24.3 Å². The van der Waals surface area contributed by atoms with Gasteiger partial charge in [-0.25, -0.2) is 8.42 Å². The van der Waals surface area contributed by atoms with Gasteiger partial charge >= 0.3 is 0 Å². The van der Waals surface area contributed by atoms with Gasteiger partial charge in [0.15, 0.2) is 0 Å². The number of sulfonamides is 1. The van der Waals surface area contributed by atoms with Crippen LogP contribution in [-0.4, -0.2) is 55.8 Å². The molecule has 1 saturated heterocycles. The van der Waals surface area contributed by atoms with Crippen LogP contribution in [0.1, 0.15) is 23.6 Å². The van der Waals surface area contributed by atoms with Gasteiger partial charge in [-0.2, -0.15) is 4.31 Å². The summed E-state index contributed by atoms with van der Waals surface area (Å²) in [5, 5.41) is 3.43. The van der Waals surface area contributed by atoms with Crippen molar-refractivity contribution in [2.75, 3.05) is 31.5 Å². The molecule has 1 aliphatic heterocycles. The molecule has 2 aromatic carbocycles. The van der Waals surface area contributed by atoms with Gasteiger partial charge in [-0.3, -0.25) is 9.69 Å². The van der Waals surface area contributed by atoms with Crippen LogP contribution in [0.3, 0.4) is 0 Å². The number of nitrogens with zero attached hydrogens (tertiary/aromatic N) is 2. The van der Waals surface area contributed by atoms with E-state index in [2.05, 4.69) is 5.32 Å². The molecule has 1 fully saturated rings. The summed E-state index contributed by atoms with van der Waals surface area (Å²) in [6.07, 6.45) is 0. The largest absolute Gasteiger partial charge is 0.325 e. The van der Waals surface area contributed by atoms with Gasteiger partial charge in [0, 0.05) is 36.9 Å². The van der Waals surface area contributed by atoms with Crippen LogP contribution in [0.15, 0.2) is 41.3 Å². The van der Waals surface area contributed by atoms with Gasteiger partial charge in [-0.05, 0) is 57.0 Å². The van der Waals surface area contributed by atoms with Gasteiger partial charge in [-0.15, -0.1) is 0 Å². The lowest BCUT2D eigenvalue weighted by Gasteiger charge is -2.37. The molecule has 2 aromatic rings. The second-order valence-corrected chi connectivity index (χ2v) is 10.2. The van der Waals surface area contributed by atoms with Crippen molar-refractivity contribution < 1.29 is 13.2 Å². The Morgan fingerprint density at radius 1 is 1.03 bits per heavy atom. The van der Waals surface area contributed by atoms with Crippen LogP contribution in [0.4, 0.5) is 5.69 Å². The minimum atomic E-state index is -3.57. The van der Waals surface area contributed by atoms with Gasteiger partial charge in [0.1, 0.15) is 0 Å². The van der Waals surface area contributed by atoms with Crippen molar-refractivity contribution in [3.8, 4) is 0 Å². The zero-order valence-corrected chi connectivity index (χ0v) is 19.3. The number of hydrogen-bond acceptors (Lipinski definition) is 4. The first-order valence-corrected chi connectivity index (χ1v) is 11.8. The van der Waals surface area contributed by atoms with Gasteiger partial charge in [0.05, 0.1) is 10.9 Å². The lowest BCUT2D eigenvalue weighted by molar-refractivity contribution is -0.121. The van der Waals surface area contributed by atoms with E-state index in [0.717, 1.165) is 16.7 Å². The predicted molar refractivity (Wildman–Crippen MR) is 121 cm³/mol. The molecule has 1 amide bonds. The fraction of sp³-hybridized carbons (Fsp3) is 0.409. The molecule has 6 nitrogen and oxygen atoms in total. The molecule has 0 spiro atoms. The normalized spacial score (nSPS) is 17.0. The summed E-state index contributed by atoms with van der Waals surface area (Å²) >= 11 is 5.97. The summed E-state index contributed by atoms with van der Waals surface area (Å²) in [4.78, 5) is 15.0. The van der Waals surface area contributed by atoms with Gasteiger partial charge in [0.25, 0.3) is 0 Å². The number of anilines is 1. The highest BCUT2D eigenvalue weighted by molar-refractivity contribution is 7.89. The van der Waals surface area contributed by atoms with Crippen LogP contribution < -0.4 is 5.32 Å². The molecule has 162 valence electrons. The monoisotopic (exact) mass is 449 g/mol. The lowest BCUT2D eigenvalue weighted by atomic mass is 10.1. The maximum absolute atomic E-state index is 13.2. The molecule has 8 heteroatoms. The summed E-state index contributed by atoms with van der Waals surface area (Å²) in [5.41, 5.74) is 3.23. The van der Waals surface area contributed by atoms with E-state index in [4.69, 9.17) is 11.6 Å². The maximum atomic E-state index is 13.2. The standard InChI is InChI=1S/C22H28ClN3O3S/c1-15-12-16(2)21(17(3)13-15)30(28,29)26-10-8-25(9-11-26)18(4)22(27)24-20-7-5-6-19(23)14-20/h5-7,12-14,18H,8-11H2,1-4H3,(H,24,27). The first-order valence-electron chi connectivity index (χ1n) is 9.98. The highest BCUT2D eigenvalue weighted by Gasteiger charge is 2.33. The Bertz CT molecular complexity index is 1020. The highest BCUT2D eigenvalue weighted by Crippen LogP contribution is 2.26. The molecule has 1 N–H and O–H groups in total. The molecule has 0 saturated carbocycles. The molecular formula is C22H28ClN3O3S. The maximum Gasteiger partial charge on any atom is 0.243 e. The first-order chi connectivity index (χ1) is 14.1. The van der Waals surface area contributed by atoms with Crippen LogP contribution in [0.25, 0.3) is 0 Å². The van der Waals surface area contributed by atoms with Crippen LogP contribution in [0, 0.1) is 20.8 Å². The summed E-state index contributed by atoms with van der Waals surface area (Å²) < 4.78 is 28.0. The first kappa shape index (κ1) is 22.7. The van der Waals surface area contributed by atoms with Crippen molar-refractivity contribution >= 4 is 33.2 Å². The molecule has 0 bridgehead atoms. The number of amides is 1. The number of rotatable bonds is 5. The SMILES string of the molecule is Cc1cc(C)c(S(=O)(=O)N2CCN(C(C)C(=O)Nc3cccc(Cl)c3)CC2)c(C)c1. The van der Waals surface area contributed by atoms with E-state index in [1.165, 1.54) is 4.31 Å². The molecule has 0 aliphatic carbocycles. The Kier molecular flexibility index (Phi) is 6.87. The van der Waals surface area contributed by atoms with E-state index in [0.29, 0.717) is 41.8 Å². The van der Waals surface area contributed by atoms with Crippen molar-refractivity contribution in [2.24, 2.45) is 0 Å². The van der Waals surface area contributed by atoms with E-state index in [-0.39, 0.29) is 11.9 Å². The van der Waals surface area contributed by atoms with Crippen molar-refractivity contribution in [1.82, 2.24) is 9.21 Å². The van der Waals surface area contributed by atoms with Gasteiger partial charge < -0.3 is 5.32 Å². The van der Waals surface area contributed by atoms with Gasteiger partial charge in [-0.1, -0.05) is 35.4 Å². The number of hydrogen-bond donors (Lipinski definition) is 1. The van der Waals surface area contributed by atoms with Crippen molar-refractivity contribution in [3.63, 3.8) is 0 Å². The molecular weight excluding hydrogens is 422 g/mol. The number of halogens is 1. The topological polar surface area (TPSA) is 69.7 Å². The van der Waals surface area contributed by atoms with E-state index >= 15 is 0 Å². The number of nitrogens with one attached hydrogen (secondary N) is 1. The van der Waals surface area contributed by atoms with Crippen molar-refractivity contribution in [3.05, 3.63) is 58.1 Å². The number of benzene rings is 2. The predicted octanol–water partition coefficient (Wildman–Crippen LogP) is 3.60. The fourth-order valence-electron chi connectivity index (χ4n) is 4.01. The summed E-state index contributed by atoms with van der Waals surface area (Å²) in [5.74, 6) is -0.140. The minimum absolute atomic E-state index is 0.140. The average molecular weight is 450 g/mol. The molecule has 1 aliphatic rings. The van der Waals surface area contributed by atoms with Crippen molar-refractivity contribution in [1.29, 1.82) is 0 Å². The van der Waals surface area contributed by atoms with E-state index in [1.807, 2.05) is 44.7 Å². The molecule has 0 radical (unpaired) electrons. The van der Waals surface area contributed by atoms with Crippen LogP contribution in [0.2, 0.25) is 5.02 Å². The summed E-state index contributed by atoms with van der Waals surface area (Å²) in [7, 11) is -3.57. The molecule has 1 atom stereocenters. The van der Waals surface area contributed by atoms with E-state index in [9.17, 15) is 13.2 Å². The van der Waals surface area contributed by atoms with Gasteiger partial charge in [0.2, 0.25) is 15.9 Å². The Morgan fingerprint density at radius 3 is 2.20 bits per heavy atom. The number of piperazine rings is 1. The Labute approximate surface area is 183 Å². The Morgan fingerprint density at radius 2 is 1.63 bits per heavy atom. The summed E-state index contributed by atoms with van der Waals surface area (Å²) in [6.45, 7) is 9.16. The third-order valence-corrected chi connectivity index (χ3v) is 7.94. The molecule has 30 heavy (non-hydrogen) atoms. The third kappa shape index (κ3) is 4.86. The van der Waals surface area contributed by atoms with E-state index < -0.39 is 10.0 Å². The zero-order chi connectivity index (χ0) is 22.1. The molecule has 1 heterocycles. The fourth-order valence-corrected chi connectivity index (χ4v) is 6.04. The third-order valence-electron chi connectivity index (χ3n) is 5.50. The van der Waals surface area contributed by atoms with Crippen LogP contribution in [0.5, 0.6) is 0 Å². The second-order valence-electron chi connectivity index (χ2n) is 7.84. The summed E-state index contributed by atoms with van der Waals surface area (Å²) in [6, 6.07) is 10.4. The molecule has 1 unspecified atom stereocenters. The lowest BCUT2D eigenvalue weighted by Crippen LogP contribution is -2.54. The van der Waals surface area contributed by atoms with Crippen LogP contribution >= 0.6 is 11.6 Å². The highest BCUT2D eigenvalue weighted by atomic mass is 35.5.